The molecule has 0 spiro atoms. The van der Waals surface area contributed by atoms with E-state index in [1.807, 2.05) is 6.20 Å². The number of aromatic amines is 1. The van der Waals surface area contributed by atoms with Crippen LogP contribution in [0.15, 0.2) is 30.5 Å². The number of benzene rings is 1. The summed E-state index contributed by atoms with van der Waals surface area (Å²) in [6.07, 6.45) is 2.31. The average Bonchev–Trinajstić information content (AvgIpc) is 2.91. The van der Waals surface area contributed by atoms with Crippen LogP contribution in [0, 0.1) is 10.8 Å². The SMILES string of the molecule is CC12CN3CC(C)(CN(C1)C3c1ccc3cc[nH]c3c1)C2=O. The fourth-order valence-electron chi connectivity index (χ4n) is 5.25. The highest BCUT2D eigenvalue weighted by molar-refractivity contribution is 5.92. The van der Waals surface area contributed by atoms with Crippen LogP contribution in [-0.4, -0.2) is 46.7 Å². The van der Waals surface area contributed by atoms with Gasteiger partial charge >= 0.3 is 0 Å². The van der Waals surface area contributed by atoms with E-state index in [1.54, 1.807) is 0 Å². The van der Waals surface area contributed by atoms with Gasteiger partial charge in [-0.3, -0.25) is 14.6 Å². The Morgan fingerprint density at radius 3 is 2.32 bits per heavy atom. The van der Waals surface area contributed by atoms with Gasteiger partial charge in [-0.1, -0.05) is 26.0 Å². The van der Waals surface area contributed by atoms with E-state index in [4.69, 9.17) is 0 Å². The first kappa shape index (κ1) is 12.9. The van der Waals surface area contributed by atoms with E-state index in [2.05, 4.69) is 52.9 Å². The second-order valence-electron chi connectivity index (χ2n) is 7.96. The van der Waals surface area contributed by atoms with Crippen molar-refractivity contribution in [2.75, 3.05) is 26.2 Å². The molecule has 0 amide bonds. The number of nitrogens with one attached hydrogen (secondary N) is 1. The molecule has 114 valence electrons. The molecule has 4 heteroatoms. The Balaban J connectivity index is 1.59. The molecule has 4 aliphatic rings. The monoisotopic (exact) mass is 295 g/mol. The molecule has 1 N–H and O–H groups in total. The Bertz CT molecular complexity index is 752. The fourth-order valence-corrected chi connectivity index (χ4v) is 5.25. The van der Waals surface area contributed by atoms with Gasteiger partial charge in [0.25, 0.3) is 0 Å². The number of piperidine rings is 2. The zero-order valence-corrected chi connectivity index (χ0v) is 13.1. The van der Waals surface area contributed by atoms with Crippen molar-refractivity contribution in [3.8, 4) is 0 Å². The van der Waals surface area contributed by atoms with Gasteiger partial charge < -0.3 is 4.98 Å². The average molecular weight is 295 g/mol. The maximum absolute atomic E-state index is 12.7. The number of H-pyrrole nitrogens is 1. The van der Waals surface area contributed by atoms with Crippen LogP contribution in [0.4, 0.5) is 0 Å². The van der Waals surface area contributed by atoms with Crippen LogP contribution >= 0.6 is 0 Å². The molecule has 0 aliphatic carbocycles. The van der Waals surface area contributed by atoms with Crippen LogP contribution in [0.2, 0.25) is 0 Å². The highest BCUT2D eigenvalue weighted by atomic mass is 16.1. The molecule has 4 bridgehead atoms. The Kier molecular flexibility index (Phi) is 2.23. The van der Waals surface area contributed by atoms with Gasteiger partial charge in [0.1, 0.15) is 5.78 Å². The van der Waals surface area contributed by atoms with Crippen LogP contribution in [0.1, 0.15) is 25.6 Å². The summed E-state index contributed by atoms with van der Waals surface area (Å²) in [6, 6.07) is 8.82. The Morgan fingerprint density at radius 2 is 1.68 bits per heavy atom. The van der Waals surface area contributed by atoms with Gasteiger partial charge in [0.05, 0.1) is 17.0 Å². The second-order valence-corrected chi connectivity index (χ2v) is 7.96. The predicted molar refractivity (Wildman–Crippen MR) is 85.4 cm³/mol. The summed E-state index contributed by atoms with van der Waals surface area (Å²) >= 11 is 0. The number of Topliss-reactive ketones (excluding diaryl/α,β-unsaturated/α-hetero) is 1. The Hall–Kier alpha value is -1.65. The van der Waals surface area contributed by atoms with E-state index in [9.17, 15) is 4.79 Å². The number of hydrogen-bond donors (Lipinski definition) is 1. The molecule has 22 heavy (non-hydrogen) atoms. The Morgan fingerprint density at radius 1 is 1.05 bits per heavy atom. The van der Waals surface area contributed by atoms with Gasteiger partial charge in [0, 0.05) is 37.9 Å². The van der Waals surface area contributed by atoms with Crippen LogP contribution in [-0.2, 0) is 4.79 Å². The number of carbonyl (C=O) groups excluding carboxylic acids is 1. The lowest BCUT2D eigenvalue weighted by Crippen LogP contribution is -2.75. The molecule has 4 aliphatic heterocycles. The van der Waals surface area contributed by atoms with Crippen molar-refractivity contribution in [1.29, 1.82) is 0 Å². The maximum atomic E-state index is 12.7. The molecule has 5 heterocycles. The topological polar surface area (TPSA) is 39.3 Å². The van der Waals surface area contributed by atoms with E-state index in [0.717, 1.165) is 26.2 Å². The molecule has 0 saturated carbocycles. The van der Waals surface area contributed by atoms with Gasteiger partial charge in [-0.05, 0) is 23.1 Å². The van der Waals surface area contributed by atoms with E-state index >= 15 is 0 Å². The molecule has 4 nitrogen and oxygen atoms in total. The highest BCUT2D eigenvalue weighted by Crippen LogP contribution is 2.52. The lowest BCUT2D eigenvalue weighted by atomic mass is 9.62. The van der Waals surface area contributed by atoms with E-state index in [0.29, 0.717) is 11.9 Å². The molecule has 0 radical (unpaired) electrons. The molecule has 0 unspecified atom stereocenters. The maximum Gasteiger partial charge on any atom is 0.149 e. The normalized spacial score (nSPS) is 43.2. The van der Waals surface area contributed by atoms with E-state index < -0.39 is 0 Å². The van der Waals surface area contributed by atoms with E-state index in [-0.39, 0.29) is 10.8 Å². The van der Waals surface area contributed by atoms with Crippen molar-refractivity contribution in [3.05, 3.63) is 36.0 Å². The number of aromatic nitrogens is 1. The minimum atomic E-state index is -0.182. The number of ketones is 1. The fraction of sp³-hybridized carbons (Fsp3) is 0.500. The highest BCUT2D eigenvalue weighted by Gasteiger charge is 2.61. The van der Waals surface area contributed by atoms with Crippen molar-refractivity contribution in [1.82, 2.24) is 14.8 Å². The molecule has 4 fully saturated rings. The number of nitrogens with zero attached hydrogens (tertiary/aromatic N) is 2. The van der Waals surface area contributed by atoms with Crippen molar-refractivity contribution in [3.63, 3.8) is 0 Å². The molecule has 1 aromatic heterocycles. The summed E-state index contributed by atoms with van der Waals surface area (Å²) < 4.78 is 0. The van der Waals surface area contributed by atoms with Crippen molar-refractivity contribution in [2.24, 2.45) is 10.8 Å². The molecule has 2 aromatic rings. The van der Waals surface area contributed by atoms with Crippen molar-refractivity contribution in [2.45, 2.75) is 20.0 Å². The first-order valence-corrected chi connectivity index (χ1v) is 8.09. The summed E-state index contributed by atoms with van der Waals surface area (Å²) in [6.45, 7) is 7.87. The van der Waals surface area contributed by atoms with Gasteiger partial charge in [-0.25, -0.2) is 0 Å². The first-order valence-electron chi connectivity index (χ1n) is 8.09. The summed E-state index contributed by atoms with van der Waals surface area (Å²) in [5, 5.41) is 1.26. The minimum Gasteiger partial charge on any atom is -0.361 e. The summed E-state index contributed by atoms with van der Waals surface area (Å²) in [5.74, 6) is 0.478. The number of fused-ring (bicyclic) bond motifs is 1. The van der Waals surface area contributed by atoms with Crippen molar-refractivity contribution < 1.29 is 4.79 Å². The van der Waals surface area contributed by atoms with Gasteiger partial charge in [-0.2, -0.15) is 0 Å². The smallest absolute Gasteiger partial charge is 0.149 e. The predicted octanol–water partition coefficient (Wildman–Crippen LogP) is 2.39. The zero-order chi connectivity index (χ0) is 15.1. The summed E-state index contributed by atoms with van der Waals surface area (Å²) in [5.41, 5.74) is 2.17. The lowest BCUT2D eigenvalue weighted by Gasteiger charge is -2.64. The molecular weight excluding hydrogens is 274 g/mol. The molecule has 1 aromatic carbocycles. The zero-order valence-electron chi connectivity index (χ0n) is 13.1. The van der Waals surface area contributed by atoms with Crippen LogP contribution in [0.25, 0.3) is 10.9 Å². The molecule has 6 rings (SSSR count). The van der Waals surface area contributed by atoms with Crippen LogP contribution < -0.4 is 0 Å². The number of carbonyl (C=O) groups is 1. The lowest BCUT2D eigenvalue weighted by molar-refractivity contribution is -0.197. The van der Waals surface area contributed by atoms with Crippen molar-refractivity contribution >= 4 is 16.7 Å². The standard InChI is InChI=1S/C18H21N3O/c1-17-8-20-10-18(2,16(17)22)11-21(9-17)15(20)13-4-3-12-5-6-19-14(12)7-13/h3-7,15,19H,8-11H2,1-2H3. The van der Waals surface area contributed by atoms with Gasteiger partial charge in [-0.15, -0.1) is 0 Å². The summed E-state index contributed by atoms with van der Waals surface area (Å²) in [4.78, 5) is 21.1. The van der Waals surface area contributed by atoms with Gasteiger partial charge in [0.2, 0.25) is 0 Å². The molecular formula is C18H21N3O. The van der Waals surface area contributed by atoms with Gasteiger partial charge in [0.15, 0.2) is 0 Å². The third-order valence-corrected chi connectivity index (χ3v) is 5.87. The van der Waals surface area contributed by atoms with E-state index in [1.165, 1.54) is 16.5 Å². The molecule has 4 saturated heterocycles. The van der Waals surface area contributed by atoms with Crippen LogP contribution in [0.3, 0.4) is 0 Å². The second kappa shape index (κ2) is 3.81. The quantitative estimate of drug-likeness (QED) is 0.878. The summed E-state index contributed by atoms with van der Waals surface area (Å²) in [7, 11) is 0. The third kappa shape index (κ3) is 1.47. The largest absolute Gasteiger partial charge is 0.361 e. The Labute approximate surface area is 130 Å². The minimum absolute atomic E-state index is 0.182. The number of hydrogen-bond acceptors (Lipinski definition) is 3. The molecule has 0 atom stereocenters. The van der Waals surface area contributed by atoms with Crippen LogP contribution in [0.5, 0.6) is 0 Å². The first-order chi connectivity index (χ1) is 10.5. The third-order valence-electron chi connectivity index (χ3n) is 5.87. The number of rotatable bonds is 1.